The highest BCUT2D eigenvalue weighted by Gasteiger charge is 2.32. The van der Waals surface area contributed by atoms with Gasteiger partial charge in [0.2, 0.25) is 5.91 Å². The van der Waals surface area contributed by atoms with Gasteiger partial charge in [-0.05, 0) is 38.6 Å². The standard InChI is InChI=1S/C15H29N3O2/c1-2-7-17(10-11-19)12-15(20)16-13-5-8-18(9-6-13)14-3-4-14/h13-14,19H,2-12H2,1H3,(H,16,20). The normalized spacial score (nSPS) is 21.4. The zero-order valence-corrected chi connectivity index (χ0v) is 12.7. The summed E-state index contributed by atoms with van der Waals surface area (Å²) in [7, 11) is 0. The molecule has 1 amide bonds. The summed E-state index contributed by atoms with van der Waals surface area (Å²) in [6, 6.07) is 1.19. The predicted octanol–water partition coefficient (Wildman–Crippen LogP) is 0.434. The molecule has 2 rings (SSSR count). The number of piperidine rings is 1. The minimum atomic E-state index is 0.108. The second-order valence-electron chi connectivity index (χ2n) is 6.11. The largest absolute Gasteiger partial charge is 0.395 e. The maximum Gasteiger partial charge on any atom is 0.234 e. The highest BCUT2D eigenvalue weighted by molar-refractivity contribution is 5.78. The van der Waals surface area contributed by atoms with Crippen molar-refractivity contribution >= 4 is 5.91 Å². The van der Waals surface area contributed by atoms with Gasteiger partial charge in [0.15, 0.2) is 0 Å². The van der Waals surface area contributed by atoms with Crippen LogP contribution in [0.2, 0.25) is 0 Å². The molecule has 20 heavy (non-hydrogen) atoms. The average Bonchev–Trinajstić information content (AvgIpc) is 3.24. The van der Waals surface area contributed by atoms with E-state index < -0.39 is 0 Å². The summed E-state index contributed by atoms with van der Waals surface area (Å²) in [5, 5.41) is 12.2. The van der Waals surface area contributed by atoms with Crippen LogP contribution in [-0.4, -0.2) is 72.2 Å². The maximum atomic E-state index is 12.1. The summed E-state index contributed by atoms with van der Waals surface area (Å²) in [4.78, 5) is 16.6. The average molecular weight is 283 g/mol. The maximum absolute atomic E-state index is 12.1. The number of nitrogens with one attached hydrogen (secondary N) is 1. The van der Waals surface area contributed by atoms with Crippen LogP contribution in [0.1, 0.15) is 39.0 Å². The van der Waals surface area contributed by atoms with Crippen molar-refractivity contribution < 1.29 is 9.90 Å². The fourth-order valence-electron chi connectivity index (χ4n) is 3.05. The van der Waals surface area contributed by atoms with Gasteiger partial charge < -0.3 is 15.3 Å². The van der Waals surface area contributed by atoms with E-state index in [4.69, 9.17) is 5.11 Å². The van der Waals surface area contributed by atoms with E-state index in [2.05, 4.69) is 17.1 Å². The Kier molecular flexibility index (Phi) is 6.26. The van der Waals surface area contributed by atoms with Crippen molar-refractivity contribution in [3.8, 4) is 0 Å². The number of aliphatic hydroxyl groups excluding tert-OH is 1. The molecule has 0 aromatic heterocycles. The van der Waals surface area contributed by atoms with Crippen molar-refractivity contribution in [1.29, 1.82) is 0 Å². The smallest absolute Gasteiger partial charge is 0.234 e. The van der Waals surface area contributed by atoms with Gasteiger partial charge in [0.05, 0.1) is 13.2 Å². The Balaban J connectivity index is 1.65. The van der Waals surface area contributed by atoms with Crippen LogP contribution in [0.5, 0.6) is 0 Å². The molecule has 0 atom stereocenters. The molecule has 5 nitrogen and oxygen atoms in total. The first-order valence-electron chi connectivity index (χ1n) is 8.09. The lowest BCUT2D eigenvalue weighted by Crippen LogP contribution is -2.48. The van der Waals surface area contributed by atoms with Crippen LogP contribution < -0.4 is 5.32 Å². The first-order chi connectivity index (χ1) is 9.72. The molecule has 116 valence electrons. The van der Waals surface area contributed by atoms with E-state index in [0.717, 1.165) is 44.9 Å². The molecule has 5 heteroatoms. The molecule has 0 unspecified atom stereocenters. The molecule has 2 N–H and O–H groups in total. The second kappa shape index (κ2) is 7.96. The summed E-state index contributed by atoms with van der Waals surface area (Å²) < 4.78 is 0. The molecule has 2 fully saturated rings. The van der Waals surface area contributed by atoms with Crippen molar-refractivity contribution in [2.45, 2.75) is 51.1 Å². The van der Waals surface area contributed by atoms with Gasteiger partial charge in [0.1, 0.15) is 0 Å². The molecule has 0 bridgehead atoms. The Labute approximate surface area is 122 Å². The third-order valence-electron chi connectivity index (χ3n) is 4.28. The molecule has 1 saturated carbocycles. The minimum absolute atomic E-state index is 0.108. The third kappa shape index (κ3) is 5.04. The molecular weight excluding hydrogens is 254 g/mol. The third-order valence-corrected chi connectivity index (χ3v) is 4.28. The highest BCUT2D eigenvalue weighted by atomic mass is 16.3. The van der Waals surface area contributed by atoms with Crippen LogP contribution in [0.25, 0.3) is 0 Å². The van der Waals surface area contributed by atoms with Crippen LogP contribution in [0.4, 0.5) is 0 Å². The Bertz CT molecular complexity index is 293. The minimum Gasteiger partial charge on any atom is -0.395 e. The number of hydrogen-bond acceptors (Lipinski definition) is 4. The number of carbonyl (C=O) groups excluding carboxylic acids is 1. The molecular formula is C15H29N3O2. The second-order valence-corrected chi connectivity index (χ2v) is 6.11. The molecule has 1 aliphatic heterocycles. The van der Waals surface area contributed by atoms with Gasteiger partial charge in [-0.3, -0.25) is 9.69 Å². The first kappa shape index (κ1) is 15.7. The fraction of sp³-hybridized carbons (Fsp3) is 0.933. The molecule has 2 aliphatic rings. The lowest BCUT2D eigenvalue weighted by Gasteiger charge is -2.32. The van der Waals surface area contributed by atoms with Crippen LogP contribution >= 0.6 is 0 Å². The molecule has 0 aromatic carbocycles. The molecule has 1 saturated heterocycles. The van der Waals surface area contributed by atoms with Crippen molar-refractivity contribution in [2.75, 3.05) is 39.3 Å². The molecule has 1 aliphatic carbocycles. The van der Waals surface area contributed by atoms with Crippen molar-refractivity contribution in [1.82, 2.24) is 15.1 Å². The highest BCUT2D eigenvalue weighted by Crippen LogP contribution is 2.29. The van der Waals surface area contributed by atoms with Gasteiger partial charge in [0, 0.05) is 31.7 Å². The van der Waals surface area contributed by atoms with Crippen molar-refractivity contribution in [3.63, 3.8) is 0 Å². The van der Waals surface area contributed by atoms with E-state index in [1.807, 2.05) is 4.90 Å². The Hall–Kier alpha value is -0.650. The predicted molar refractivity (Wildman–Crippen MR) is 79.6 cm³/mol. The van der Waals surface area contributed by atoms with Gasteiger partial charge in [0.25, 0.3) is 0 Å². The van der Waals surface area contributed by atoms with Gasteiger partial charge in [-0.1, -0.05) is 6.92 Å². The number of hydrogen-bond donors (Lipinski definition) is 2. The van der Waals surface area contributed by atoms with E-state index in [1.165, 1.54) is 12.8 Å². The summed E-state index contributed by atoms with van der Waals surface area (Å²) in [6.07, 6.45) is 5.90. The lowest BCUT2D eigenvalue weighted by atomic mass is 10.0. The molecule has 0 radical (unpaired) electrons. The zero-order valence-electron chi connectivity index (χ0n) is 12.7. The van der Waals surface area contributed by atoms with Gasteiger partial charge in [-0.15, -0.1) is 0 Å². The molecule has 0 aromatic rings. The Morgan fingerprint density at radius 1 is 1.25 bits per heavy atom. The van der Waals surface area contributed by atoms with Crippen LogP contribution in [0.3, 0.4) is 0 Å². The lowest BCUT2D eigenvalue weighted by molar-refractivity contribution is -0.123. The molecule has 1 heterocycles. The van der Waals surface area contributed by atoms with Crippen molar-refractivity contribution in [3.05, 3.63) is 0 Å². The van der Waals surface area contributed by atoms with Crippen molar-refractivity contribution in [2.24, 2.45) is 0 Å². The van der Waals surface area contributed by atoms with E-state index in [1.54, 1.807) is 0 Å². The first-order valence-corrected chi connectivity index (χ1v) is 8.09. The summed E-state index contributed by atoms with van der Waals surface area (Å²) >= 11 is 0. The number of aliphatic hydroxyl groups is 1. The van der Waals surface area contributed by atoms with Crippen LogP contribution in [-0.2, 0) is 4.79 Å². The number of amides is 1. The van der Waals surface area contributed by atoms with Crippen LogP contribution in [0, 0.1) is 0 Å². The SMILES string of the molecule is CCCN(CCO)CC(=O)NC1CCN(C2CC2)CC1. The topological polar surface area (TPSA) is 55.8 Å². The van der Waals surface area contributed by atoms with Gasteiger partial charge in [-0.25, -0.2) is 0 Å². The molecule has 0 spiro atoms. The summed E-state index contributed by atoms with van der Waals surface area (Å²) in [5.74, 6) is 0.108. The fourth-order valence-corrected chi connectivity index (χ4v) is 3.05. The number of nitrogens with zero attached hydrogens (tertiary/aromatic N) is 2. The number of likely N-dealkylation sites (tertiary alicyclic amines) is 1. The Morgan fingerprint density at radius 2 is 1.95 bits per heavy atom. The Morgan fingerprint density at radius 3 is 2.50 bits per heavy atom. The quantitative estimate of drug-likeness (QED) is 0.678. The number of rotatable bonds is 8. The van der Waals surface area contributed by atoms with E-state index >= 15 is 0 Å². The van der Waals surface area contributed by atoms with Gasteiger partial charge in [-0.2, -0.15) is 0 Å². The monoisotopic (exact) mass is 283 g/mol. The van der Waals surface area contributed by atoms with E-state index in [9.17, 15) is 4.79 Å². The summed E-state index contributed by atoms with van der Waals surface area (Å²) in [6.45, 7) is 6.34. The number of carbonyl (C=O) groups is 1. The summed E-state index contributed by atoms with van der Waals surface area (Å²) in [5.41, 5.74) is 0. The van der Waals surface area contributed by atoms with E-state index in [0.29, 0.717) is 19.1 Å². The zero-order chi connectivity index (χ0) is 14.4. The van der Waals surface area contributed by atoms with Gasteiger partial charge >= 0.3 is 0 Å². The van der Waals surface area contributed by atoms with E-state index in [-0.39, 0.29) is 12.5 Å². The van der Waals surface area contributed by atoms with Crippen LogP contribution in [0.15, 0.2) is 0 Å².